The van der Waals surface area contributed by atoms with Gasteiger partial charge in [0.2, 0.25) is 5.75 Å². The molecule has 0 aromatic heterocycles. The fourth-order valence-corrected chi connectivity index (χ4v) is 3.54. The molecule has 0 bridgehead atoms. The van der Waals surface area contributed by atoms with Gasteiger partial charge in [-0.05, 0) is 59.8 Å². The maximum Gasteiger partial charge on any atom is 0.266 e. The van der Waals surface area contributed by atoms with E-state index in [0.717, 1.165) is 0 Å². The predicted octanol–water partition coefficient (Wildman–Crippen LogP) is 4.30. The number of hydrogen-bond donors (Lipinski definition) is 1. The Morgan fingerprint density at radius 1 is 1.15 bits per heavy atom. The lowest BCUT2D eigenvalue weighted by molar-refractivity contribution is -0.121. The fraction of sp³-hybridized carbons (Fsp3) is 0.158. The van der Waals surface area contributed by atoms with Crippen LogP contribution in [0.1, 0.15) is 5.56 Å². The first-order valence-electron chi connectivity index (χ1n) is 7.89. The number of likely N-dealkylation sites (N-methyl/N-ethyl adjacent to an activating group) is 1. The molecule has 6 nitrogen and oxygen atoms in total. The summed E-state index contributed by atoms with van der Waals surface area (Å²) in [4.78, 5) is 19.0. The summed E-state index contributed by atoms with van der Waals surface area (Å²) < 4.78 is 10.3. The maximum atomic E-state index is 12.6. The highest BCUT2D eigenvalue weighted by molar-refractivity contribution is 8.18. The Hall–Kier alpha value is -2.64. The number of phenolic OH excluding ortho intramolecular Hbond substituents is 1. The van der Waals surface area contributed by atoms with E-state index in [1.807, 2.05) is 0 Å². The molecular formula is C19H17ClN2O4S. The largest absolute Gasteiger partial charge is 0.502 e. The Morgan fingerprint density at radius 2 is 1.74 bits per heavy atom. The first-order chi connectivity index (χ1) is 12.9. The van der Waals surface area contributed by atoms with Gasteiger partial charge in [-0.2, -0.15) is 0 Å². The van der Waals surface area contributed by atoms with Crippen molar-refractivity contribution in [2.75, 3.05) is 21.3 Å². The third-order valence-electron chi connectivity index (χ3n) is 3.85. The van der Waals surface area contributed by atoms with E-state index in [1.165, 1.54) is 30.9 Å². The second-order valence-corrected chi connectivity index (χ2v) is 7.07. The van der Waals surface area contributed by atoms with Crippen LogP contribution >= 0.6 is 23.4 Å². The molecule has 1 amide bonds. The zero-order valence-electron chi connectivity index (χ0n) is 14.9. The van der Waals surface area contributed by atoms with Crippen LogP contribution in [0.15, 0.2) is 46.3 Å². The van der Waals surface area contributed by atoms with E-state index >= 15 is 0 Å². The Morgan fingerprint density at radius 3 is 2.30 bits per heavy atom. The predicted molar refractivity (Wildman–Crippen MR) is 108 cm³/mol. The number of phenols is 1. The number of amidine groups is 1. The molecule has 27 heavy (non-hydrogen) atoms. The number of carbonyl (C=O) groups excluding carboxylic acids is 1. The Balaban J connectivity index is 1.94. The number of aromatic hydroxyl groups is 1. The molecule has 0 radical (unpaired) electrons. The lowest BCUT2D eigenvalue weighted by atomic mass is 10.1. The number of halogens is 1. The number of amides is 1. The van der Waals surface area contributed by atoms with E-state index in [9.17, 15) is 9.90 Å². The monoisotopic (exact) mass is 404 g/mol. The Kier molecular flexibility index (Phi) is 5.62. The van der Waals surface area contributed by atoms with E-state index in [4.69, 9.17) is 21.1 Å². The number of nitrogens with zero attached hydrogens (tertiary/aromatic N) is 2. The van der Waals surface area contributed by atoms with Crippen LogP contribution in [0.2, 0.25) is 5.02 Å². The molecule has 0 atom stereocenters. The van der Waals surface area contributed by atoms with Crippen LogP contribution in [0.25, 0.3) is 6.08 Å². The van der Waals surface area contributed by atoms with Crippen molar-refractivity contribution in [2.45, 2.75) is 0 Å². The average Bonchev–Trinajstić information content (AvgIpc) is 2.92. The highest BCUT2D eigenvalue weighted by Crippen LogP contribution is 2.39. The zero-order valence-corrected chi connectivity index (χ0v) is 16.5. The Bertz CT molecular complexity index is 916. The third-order valence-corrected chi connectivity index (χ3v) is 5.17. The quantitative estimate of drug-likeness (QED) is 0.769. The van der Waals surface area contributed by atoms with Crippen LogP contribution in [0.5, 0.6) is 17.2 Å². The van der Waals surface area contributed by atoms with Crippen molar-refractivity contribution in [2.24, 2.45) is 4.99 Å². The number of thioether (sulfide) groups is 1. The number of benzene rings is 2. The van der Waals surface area contributed by atoms with Crippen molar-refractivity contribution >= 4 is 46.2 Å². The molecule has 1 fully saturated rings. The van der Waals surface area contributed by atoms with Crippen molar-refractivity contribution in [3.63, 3.8) is 0 Å². The lowest BCUT2D eigenvalue weighted by Crippen LogP contribution is -2.23. The van der Waals surface area contributed by atoms with E-state index in [2.05, 4.69) is 4.99 Å². The van der Waals surface area contributed by atoms with Gasteiger partial charge in [0.25, 0.3) is 5.91 Å². The molecule has 1 aliphatic heterocycles. The molecular weight excluding hydrogens is 388 g/mol. The van der Waals surface area contributed by atoms with Gasteiger partial charge in [-0.25, -0.2) is 4.99 Å². The molecule has 1 saturated heterocycles. The van der Waals surface area contributed by atoms with Crippen molar-refractivity contribution < 1.29 is 19.4 Å². The van der Waals surface area contributed by atoms with Crippen molar-refractivity contribution in [1.29, 1.82) is 0 Å². The minimum Gasteiger partial charge on any atom is -0.502 e. The molecule has 8 heteroatoms. The molecule has 1 N–H and O–H groups in total. The van der Waals surface area contributed by atoms with E-state index in [0.29, 0.717) is 26.3 Å². The average molecular weight is 405 g/mol. The second kappa shape index (κ2) is 7.94. The first-order valence-corrected chi connectivity index (χ1v) is 9.09. The van der Waals surface area contributed by atoms with Crippen molar-refractivity contribution in [3.05, 3.63) is 51.9 Å². The summed E-state index contributed by atoms with van der Waals surface area (Å²) in [6.45, 7) is 0. The number of methoxy groups -OCH3 is 2. The highest BCUT2D eigenvalue weighted by atomic mass is 35.5. The van der Waals surface area contributed by atoms with Gasteiger partial charge in [-0.15, -0.1) is 0 Å². The van der Waals surface area contributed by atoms with Crippen LogP contribution < -0.4 is 9.47 Å². The summed E-state index contributed by atoms with van der Waals surface area (Å²) in [5.74, 6) is 0.272. The van der Waals surface area contributed by atoms with E-state index in [1.54, 1.807) is 49.5 Å². The number of aliphatic imine (C=N–C) groups is 1. The highest BCUT2D eigenvalue weighted by Gasteiger charge is 2.30. The fourth-order valence-electron chi connectivity index (χ4n) is 2.43. The first kappa shape index (κ1) is 19.1. The topological polar surface area (TPSA) is 71.4 Å². The van der Waals surface area contributed by atoms with Gasteiger partial charge in [0.05, 0.1) is 24.8 Å². The summed E-state index contributed by atoms with van der Waals surface area (Å²) in [5.41, 5.74) is 1.37. The van der Waals surface area contributed by atoms with E-state index in [-0.39, 0.29) is 23.2 Å². The summed E-state index contributed by atoms with van der Waals surface area (Å²) >= 11 is 7.15. The van der Waals surface area contributed by atoms with Crippen molar-refractivity contribution in [3.8, 4) is 17.2 Å². The van der Waals surface area contributed by atoms with E-state index < -0.39 is 0 Å². The van der Waals surface area contributed by atoms with Gasteiger partial charge < -0.3 is 14.6 Å². The van der Waals surface area contributed by atoms with Gasteiger partial charge in [0.15, 0.2) is 16.7 Å². The molecule has 0 spiro atoms. The van der Waals surface area contributed by atoms with Crippen LogP contribution in [-0.4, -0.2) is 42.3 Å². The molecule has 0 saturated carbocycles. The maximum absolute atomic E-state index is 12.6. The molecule has 1 aliphatic rings. The Labute approximate surface area is 166 Å². The molecule has 0 aliphatic carbocycles. The van der Waals surface area contributed by atoms with Gasteiger partial charge in [-0.1, -0.05) is 11.6 Å². The number of carbonyl (C=O) groups is 1. The van der Waals surface area contributed by atoms with Crippen LogP contribution in [-0.2, 0) is 4.79 Å². The number of hydrogen-bond acceptors (Lipinski definition) is 6. The summed E-state index contributed by atoms with van der Waals surface area (Å²) in [7, 11) is 4.57. The standard InChI is InChI=1S/C19H17ClN2O4S/c1-22-18(24)16(27-19(22)21-13-6-4-12(20)5-7-13)10-11-8-14(25-2)17(23)15(9-11)26-3/h4-10,23H,1-3H3. The number of ether oxygens (including phenoxy) is 2. The smallest absolute Gasteiger partial charge is 0.266 e. The lowest BCUT2D eigenvalue weighted by Gasteiger charge is -2.09. The molecule has 3 rings (SSSR count). The summed E-state index contributed by atoms with van der Waals surface area (Å²) in [6, 6.07) is 10.3. The minimum atomic E-state index is -0.168. The van der Waals surface area contributed by atoms with Crippen LogP contribution in [0.4, 0.5) is 5.69 Å². The van der Waals surface area contributed by atoms with Gasteiger partial charge >= 0.3 is 0 Å². The minimum absolute atomic E-state index is 0.0883. The molecule has 2 aromatic rings. The molecule has 1 heterocycles. The second-order valence-electron chi connectivity index (χ2n) is 5.62. The van der Waals surface area contributed by atoms with Crippen LogP contribution in [0.3, 0.4) is 0 Å². The van der Waals surface area contributed by atoms with Gasteiger partial charge in [-0.3, -0.25) is 9.69 Å². The van der Waals surface area contributed by atoms with Crippen LogP contribution in [0, 0.1) is 0 Å². The number of rotatable bonds is 4. The van der Waals surface area contributed by atoms with Crippen molar-refractivity contribution in [1.82, 2.24) is 4.90 Å². The normalized spacial score (nSPS) is 17.0. The summed E-state index contributed by atoms with van der Waals surface area (Å²) in [6.07, 6.45) is 1.71. The SMILES string of the molecule is COc1cc(C=C2SC(=Nc3ccc(Cl)cc3)N(C)C2=O)cc(OC)c1O. The third kappa shape index (κ3) is 4.04. The van der Waals surface area contributed by atoms with Gasteiger partial charge in [0.1, 0.15) is 0 Å². The zero-order chi connectivity index (χ0) is 19.6. The molecule has 0 unspecified atom stereocenters. The summed E-state index contributed by atoms with van der Waals surface area (Å²) in [5, 5.41) is 11.2. The molecule has 2 aromatic carbocycles. The van der Waals surface area contributed by atoms with Gasteiger partial charge in [0, 0.05) is 12.1 Å². The molecule has 140 valence electrons.